The van der Waals surface area contributed by atoms with Gasteiger partial charge in [-0.3, -0.25) is 9.78 Å². The van der Waals surface area contributed by atoms with Gasteiger partial charge in [0.25, 0.3) is 5.91 Å². The number of carbonyl (C=O) groups excluding carboxylic acids is 1. The van der Waals surface area contributed by atoms with Crippen LogP contribution in [0, 0.1) is 17.2 Å². The summed E-state index contributed by atoms with van der Waals surface area (Å²) in [4.78, 5) is 15.5. The fourth-order valence-electron chi connectivity index (χ4n) is 1.41. The molecule has 0 aromatic carbocycles. The number of nitrogens with one attached hydrogen (secondary N) is 1. The molecule has 1 unspecified atom stereocenters. The third-order valence-electron chi connectivity index (χ3n) is 2.46. The maximum Gasteiger partial charge on any atom is 0.252 e. The van der Waals surface area contributed by atoms with Crippen LogP contribution in [0.3, 0.4) is 0 Å². The van der Waals surface area contributed by atoms with Crippen LogP contribution in [0.2, 0.25) is 0 Å². The third-order valence-corrected chi connectivity index (χ3v) is 2.46. The SMILES string of the molecule is N#CC(NC(=O)c1ccncc1)C1CC1. The quantitative estimate of drug-likeness (QED) is 0.796. The van der Waals surface area contributed by atoms with E-state index < -0.39 is 0 Å². The van der Waals surface area contributed by atoms with Crippen LogP contribution in [0.5, 0.6) is 0 Å². The molecule has 1 aromatic heterocycles. The molecular weight excluding hydrogens is 190 g/mol. The Balaban J connectivity index is 2.00. The molecule has 15 heavy (non-hydrogen) atoms. The van der Waals surface area contributed by atoms with Gasteiger partial charge < -0.3 is 5.32 Å². The van der Waals surface area contributed by atoms with Gasteiger partial charge in [-0.1, -0.05) is 0 Å². The highest BCUT2D eigenvalue weighted by atomic mass is 16.1. The Morgan fingerprint density at radius 3 is 2.73 bits per heavy atom. The van der Waals surface area contributed by atoms with Crippen LogP contribution < -0.4 is 5.32 Å². The second-order valence-corrected chi connectivity index (χ2v) is 3.65. The van der Waals surface area contributed by atoms with Crippen molar-refractivity contribution in [3.05, 3.63) is 30.1 Å². The first kappa shape index (κ1) is 9.66. The predicted octanol–water partition coefficient (Wildman–Crippen LogP) is 1.11. The van der Waals surface area contributed by atoms with Gasteiger partial charge in [0.1, 0.15) is 6.04 Å². The van der Waals surface area contributed by atoms with E-state index in [2.05, 4.69) is 16.4 Å². The summed E-state index contributed by atoms with van der Waals surface area (Å²) in [6.07, 6.45) is 5.20. The van der Waals surface area contributed by atoms with E-state index in [1.54, 1.807) is 24.5 Å². The summed E-state index contributed by atoms with van der Waals surface area (Å²) in [5.74, 6) is 0.150. The predicted molar refractivity (Wildman–Crippen MR) is 53.8 cm³/mol. The molecule has 1 aliphatic carbocycles. The lowest BCUT2D eigenvalue weighted by molar-refractivity contribution is 0.0942. The van der Waals surface area contributed by atoms with Crippen molar-refractivity contribution in [1.82, 2.24) is 10.3 Å². The van der Waals surface area contributed by atoms with E-state index in [1.165, 1.54) is 0 Å². The van der Waals surface area contributed by atoms with E-state index in [-0.39, 0.29) is 11.9 Å². The molecule has 1 amide bonds. The van der Waals surface area contributed by atoms with Gasteiger partial charge in [-0.15, -0.1) is 0 Å². The number of nitriles is 1. The maximum atomic E-state index is 11.7. The van der Waals surface area contributed by atoms with Crippen molar-refractivity contribution in [1.29, 1.82) is 5.26 Å². The average Bonchev–Trinajstić information content (AvgIpc) is 3.10. The minimum Gasteiger partial charge on any atom is -0.336 e. The van der Waals surface area contributed by atoms with Gasteiger partial charge in [0.2, 0.25) is 0 Å². The second kappa shape index (κ2) is 4.09. The summed E-state index contributed by atoms with van der Waals surface area (Å²) < 4.78 is 0. The zero-order valence-electron chi connectivity index (χ0n) is 8.18. The average molecular weight is 201 g/mol. The lowest BCUT2D eigenvalue weighted by Gasteiger charge is -2.09. The lowest BCUT2D eigenvalue weighted by Crippen LogP contribution is -2.35. The number of amides is 1. The van der Waals surface area contributed by atoms with Crippen molar-refractivity contribution >= 4 is 5.91 Å². The Hall–Kier alpha value is -1.89. The van der Waals surface area contributed by atoms with E-state index in [0.717, 1.165) is 12.8 Å². The van der Waals surface area contributed by atoms with Crippen LogP contribution in [0.1, 0.15) is 23.2 Å². The summed E-state index contributed by atoms with van der Waals surface area (Å²) in [6.45, 7) is 0. The Labute approximate surface area is 87.9 Å². The van der Waals surface area contributed by atoms with Crippen molar-refractivity contribution < 1.29 is 4.79 Å². The standard InChI is InChI=1S/C11H11N3O/c12-7-10(8-1-2-8)14-11(15)9-3-5-13-6-4-9/h3-6,8,10H,1-2H2,(H,14,15). The van der Waals surface area contributed by atoms with Crippen LogP contribution in [0.15, 0.2) is 24.5 Å². The normalized spacial score (nSPS) is 16.5. The Bertz CT molecular complexity index is 392. The second-order valence-electron chi connectivity index (χ2n) is 3.65. The summed E-state index contributed by atoms with van der Waals surface area (Å²) >= 11 is 0. The van der Waals surface area contributed by atoms with Gasteiger partial charge >= 0.3 is 0 Å². The van der Waals surface area contributed by atoms with E-state index in [4.69, 9.17) is 5.26 Å². The molecule has 4 nitrogen and oxygen atoms in total. The highest BCUT2D eigenvalue weighted by Crippen LogP contribution is 2.32. The van der Waals surface area contributed by atoms with Crippen LogP contribution >= 0.6 is 0 Å². The van der Waals surface area contributed by atoms with Crippen molar-refractivity contribution in [2.75, 3.05) is 0 Å². The Morgan fingerprint density at radius 2 is 2.20 bits per heavy atom. The van der Waals surface area contributed by atoms with E-state index >= 15 is 0 Å². The number of rotatable bonds is 3. The van der Waals surface area contributed by atoms with Gasteiger partial charge in [0.05, 0.1) is 6.07 Å². The van der Waals surface area contributed by atoms with Crippen LogP contribution in [-0.4, -0.2) is 16.9 Å². The first-order valence-electron chi connectivity index (χ1n) is 4.92. The van der Waals surface area contributed by atoms with E-state index in [0.29, 0.717) is 11.5 Å². The van der Waals surface area contributed by atoms with Gasteiger partial charge in [0, 0.05) is 18.0 Å². The zero-order valence-corrected chi connectivity index (χ0v) is 8.18. The molecular formula is C11H11N3O. The topological polar surface area (TPSA) is 65.8 Å². The van der Waals surface area contributed by atoms with Crippen molar-refractivity contribution in [2.24, 2.45) is 5.92 Å². The molecule has 1 heterocycles. The molecule has 1 fully saturated rings. The summed E-state index contributed by atoms with van der Waals surface area (Å²) in [5.41, 5.74) is 0.547. The third kappa shape index (κ3) is 2.32. The molecule has 1 aliphatic rings. The fourth-order valence-corrected chi connectivity index (χ4v) is 1.41. The lowest BCUT2D eigenvalue weighted by atomic mass is 10.2. The highest BCUT2D eigenvalue weighted by molar-refractivity contribution is 5.94. The van der Waals surface area contributed by atoms with Gasteiger partial charge in [-0.25, -0.2) is 0 Å². The van der Waals surface area contributed by atoms with E-state index in [9.17, 15) is 4.79 Å². The van der Waals surface area contributed by atoms with Gasteiger partial charge in [-0.05, 0) is 30.9 Å². The molecule has 2 rings (SSSR count). The molecule has 0 aliphatic heterocycles. The molecule has 76 valence electrons. The minimum atomic E-state index is -0.342. The highest BCUT2D eigenvalue weighted by Gasteiger charge is 2.32. The molecule has 1 saturated carbocycles. The van der Waals surface area contributed by atoms with E-state index in [1.807, 2.05) is 0 Å². The van der Waals surface area contributed by atoms with Crippen molar-refractivity contribution in [3.63, 3.8) is 0 Å². The largest absolute Gasteiger partial charge is 0.336 e. The molecule has 4 heteroatoms. The summed E-state index contributed by atoms with van der Waals surface area (Å²) in [6, 6.07) is 5.05. The smallest absolute Gasteiger partial charge is 0.252 e. The monoisotopic (exact) mass is 201 g/mol. The summed E-state index contributed by atoms with van der Waals surface area (Å²) in [7, 11) is 0. The van der Waals surface area contributed by atoms with Crippen molar-refractivity contribution in [2.45, 2.75) is 18.9 Å². The van der Waals surface area contributed by atoms with Crippen LogP contribution in [0.25, 0.3) is 0 Å². The van der Waals surface area contributed by atoms with Crippen molar-refractivity contribution in [3.8, 4) is 6.07 Å². The molecule has 0 radical (unpaired) electrons. The van der Waals surface area contributed by atoms with Gasteiger partial charge in [-0.2, -0.15) is 5.26 Å². The molecule has 0 spiro atoms. The van der Waals surface area contributed by atoms with Gasteiger partial charge in [0.15, 0.2) is 0 Å². The fraction of sp³-hybridized carbons (Fsp3) is 0.364. The maximum absolute atomic E-state index is 11.7. The molecule has 1 N–H and O–H groups in total. The molecule has 1 atom stereocenters. The Kier molecular flexibility index (Phi) is 2.64. The first-order chi connectivity index (χ1) is 7.31. The number of hydrogen-bond acceptors (Lipinski definition) is 3. The number of nitrogens with zero attached hydrogens (tertiary/aromatic N) is 2. The molecule has 0 bridgehead atoms. The van der Waals surface area contributed by atoms with Crippen LogP contribution in [-0.2, 0) is 0 Å². The number of hydrogen-bond donors (Lipinski definition) is 1. The number of pyridine rings is 1. The van der Waals surface area contributed by atoms with Crippen LogP contribution in [0.4, 0.5) is 0 Å². The Morgan fingerprint density at radius 1 is 1.53 bits per heavy atom. The first-order valence-corrected chi connectivity index (χ1v) is 4.92. The zero-order chi connectivity index (χ0) is 10.7. The molecule has 1 aromatic rings. The molecule has 0 saturated heterocycles. The number of aromatic nitrogens is 1. The number of carbonyl (C=O) groups is 1. The minimum absolute atomic E-state index is 0.198. The summed E-state index contributed by atoms with van der Waals surface area (Å²) in [5, 5.41) is 11.6.